The van der Waals surface area contributed by atoms with Crippen LogP contribution in [0.1, 0.15) is 18.4 Å². The summed E-state index contributed by atoms with van der Waals surface area (Å²) in [5, 5.41) is 12.0. The summed E-state index contributed by atoms with van der Waals surface area (Å²) in [6, 6.07) is 7.68. The molecule has 30 heavy (non-hydrogen) atoms. The normalized spacial score (nSPS) is 28.0. The van der Waals surface area contributed by atoms with Crippen LogP contribution in [0.4, 0.5) is 0 Å². The number of pyridine rings is 1. The van der Waals surface area contributed by atoms with E-state index < -0.39 is 6.10 Å². The van der Waals surface area contributed by atoms with Crippen LogP contribution >= 0.6 is 0 Å². The fraction of sp³-hybridized carbons (Fsp3) is 0.435. The summed E-state index contributed by atoms with van der Waals surface area (Å²) in [4.78, 5) is 10.0. The highest BCUT2D eigenvalue weighted by Gasteiger charge is 2.42. The van der Waals surface area contributed by atoms with Crippen molar-refractivity contribution >= 4 is 10.9 Å². The highest BCUT2D eigenvalue weighted by atomic mass is 16.7. The summed E-state index contributed by atoms with van der Waals surface area (Å²) in [6.45, 7) is 3.23. The third-order valence-corrected chi connectivity index (χ3v) is 6.75. The van der Waals surface area contributed by atoms with E-state index in [1.807, 2.05) is 30.6 Å². The molecular formula is C23H25N3O4. The van der Waals surface area contributed by atoms with E-state index >= 15 is 0 Å². The molecule has 7 heteroatoms. The predicted molar refractivity (Wildman–Crippen MR) is 111 cm³/mol. The first-order valence-electron chi connectivity index (χ1n) is 10.6. The van der Waals surface area contributed by atoms with Gasteiger partial charge in [0.25, 0.3) is 0 Å². The van der Waals surface area contributed by atoms with Crippen molar-refractivity contribution in [2.24, 2.45) is 11.8 Å². The first kappa shape index (κ1) is 18.0. The van der Waals surface area contributed by atoms with Crippen LogP contribution in [0, 0.1) is 11.8 Å². The largest absolute Gasteiger partial charge is 0.488 e. The van der Waals surface area contributed by atoms with Crippen LogP contribution in [0.2, 0.25) is 0 Å². The molecule has 1 saturated heterocycles. The molecule has 0 bridgehead atoms. The molecule has 2 aliphatic heterocycles. The lowest BCUT2D eigenvalue weighted by molar-refractivity contribution is -0.0232. The van der Waals surface area contributed by atoms with E-state index in [1.54, 1.807) is 0 Å². The minimum atomic E-state index is -0.448. The second kappa shape index (κ2) is 7.18. The molecule has 0 amide bonds. The molecule has 3 aliphatic rings. The number of H-pyrrole nitrogens is 1. The van der Waals surface area contributed by atoms with Crippen molar-refractivity contribution in [3.8, 4) is 17.2 Å². The second-order valence-electron chi connectivity index (χ2n) is 8.66. The highest BCUT2D eigenvalue weighted by Crippen LogP contribution is 2.40. The molecule has 0 radical (unpaired) electrons. The van der Waals surface area contributed by atoms with Crippen LogP contribution < -0.4 is 14.2 Å². The highest BCUT2D eigenvalue weighted by molar-refractivity contribution is 5.82. The summed E-state index contributed by atoms with van der Waals surface area (Å²) < 4.78 is 17.0. The van der Waals surface area contributed by atoms with Crippen LogP contribution in [-0.4, -0.2) is 52.1 Å². The molecule has 156 valence electrons. The molecule has 0 spiro atoms. The topological polar surface area (TPSA) is 79.8 Å². The number of hydrogen-bond donors (Lipinski definition) is 2. The van der Waals surface area contributed by atoms with Crippen LogP contribution in [0.5, 0.6) is 17.2 Å². The van der Waals surface area contributed by atoms with Gasteiger partial charge in [-0.2, -0.15) is 0 Å². The number of nitrogens with one attached hydrogen (secondary N) is 1. The Morgan fingerprint density at radius 1 is 1.13 bits per heavy atom. The number of hydrogen-bond acceptors (Lipinski definition) is 6. The van der Waals surface area contributed by atoms with Crippen LogP contribution in [0.3, 0.4) is 0 Å². The summed E-state index contributed by atoms with van der Waals surface area (Å²) in [7, 11) is 0. The third kappa shape index (κ3) is 3.18. The number of fused-ring (bicyclic) bond motifs is 3. The van der Waals surface area contributed by atoms with Gasteiger partial charge < -0.3 is 24.3 Å². The summed E-state index contributed by atoms with van der Waals surface area (Å²) in [5.41, 5.74) is 2.39. The third-order valence-electron chi connectivity index (χ3n) is 6.75. The van der Waals surface area contributed by atoms with Crippen LogP contribution in [-0.2, 0) is 6.54 Å². The van der Waals surface area contributed by atoms with E-state index in [1.165, 1.54) is 10.9 Å². The maximum absolute atomic E-state index is 10.7. The van der Waals surface area contributed by atoms with Crippen molar-refractivity contribution in [3.05, 3.63) is 48.4 Å². The molecule has 6 rings (SSSR count). The fourth-order valence-electron chi connectivity index (χ4n) is 5.27. The van der Waals surface area contributed by atoms with Gasteiger partial charge in [-0.25, -0.2) is 0 Å². The average molecular weight is 407 g/mol. The Morgan fingerprint density at radius 3 is 2.93 bits per heavy atom. The molecule has 2 N–H and O–H groups in total. The van der Waals surface area contributed by atoms with Crippen molar-refractivity contribution in [2.45, 2.75) is 31.6 Å². The van der Waals surface area contributed by atoms with Crippen molar-refractivity contribution in [1.82, 2.24) is 14.9 Å². The Balaban J connectivity index is 1.13. The Hall–Kier alpha value is -2.77. The first-order valence-corrected chi connectivity index (χ1v) is 10.6. The van der Waals surface area contributed by atoms with Gasteiger partial charge in [0.05, 0.1) is 17.8 Å². The summed E-state index contributed by atoms with van der Waals surface area (Å²) in [6.07, 6.45) is 6.83. The first-order chi connectivity index (χ1) is 14.7. The molecule has 1 saturated carbocycles. The molecular weight excluding hydrogens is 382 g/mol. The molecule has 1 aliphatic carbocycles. The van der Waals surface area contributed by atoms with Gasteiger partial charge in [-0.05, 0) is 48.4 Å². The van der Waals surface area contributed by atoms with Gasteiger partial charge in [-0.1, -0.05) is 0 Å². The number of aromatic amines is 1. The lowest BCUT2D eigenvalue weighted by Crippen LogP contribution is -2.42. The maximum atomic E-state index is 10.7. The monoisotopic (exact) mass is 407 g/mol. The van der Waals surface area contributed by atoms with Gasteiger partial charge >= 0.3 is 0 Å². The van der Waals surface area contributed by atoms with E-state index in [9.17, 15) is 5.11 Å². The Kier molecular flexibility index (Phi) is 4.32. The minimum Gasteiger partial charge on any atom is -0.488 e. The van der Waals surface area contributed by atoms with Gasteiger partial charge in [0.15, 0.2) is 11.5 Å². The lowest BCUT2D eigenvalue weighted by atomic mass is 9.78. The Labute approximate surface area is 174 Å². The zero-order valence-electron chi connectivity index (χ0n) is 16.7. The maximum Gasteiger partial charge on any atom is 0.231 e. The number of benzene rings is 1. The molecule has 2 aromatic heterocycles. The standard InChI is InChI=1S/C23H25N3O4/c27-20-5-14-10-26(12-16-8-25-19-9-24-4-3-18(16)19)11-15(14)6-22(20)30-17-1-2-21-23(7-17)29-13-28-21/h1-4,7-9,14-15,20,22,25,27H,5-6,10-13H2/t14-,15+,20+,22+/m0/s1. The smallest absolute Gasteiger partial charge is 0.231 e. The van der Waals surface area contributed by atoms with Gasteiger partial charge in [0, 0.05) is 43.5 Å². The molecule has 2 fully saturated rings. The van der Waals surface area contributed by atoms with Gasteiger partial charge in [0.2, 0.25) is 6.79 Å². The molecule has 0 unspecified atom stereocenters. The zero-order chi connectivity index (χ0) is 20.1. The molecule has 1 aromatic carbocycles. The second-order valence-corrected chi connectivity index (χ2v) is 8.66. The van der Waals surface area contributed by atoms with E-state index in [0.717, 1.165) is 49.5 Å². The summed E-state index contributed by atoms with van der Waals surface area (Å²) >= 11 is 0. The molecule has 4 heterocycles. The number of ether oxygens (including phenoxy) is 3. The zero-order valence-corrected chi connectivity index (χ0v) is 16.7. The molecule has 4 atom stereocenters. The number of nitrogens with zero attached hydrogens (tertiary/aromatic N) is 2. The van der Waals surface area contributed by atoms with Crippen molar-refractivity contribution in [3.63, 3.8) is 0 Å². The van der Waals surface area contributed by atoms with Gasteiger partial charge in [0.1, 0.15) is 11.9 Å². The van der Waals surface area contributed by atoms with Gasteiger partial charge in [-0.15, -0.1) is 0 Å². The Morgan fingerprint density at radius 2 is 2.00 bits per heavy atom. The number of rotatable bonds is 4. The van der Waals surface area contributed by atoms with E-state index in [0.29, 0.717) is 17.6 Å². The van der Waals surface area contributed by atoms with E-state index in [-0.39, 0.29) is 12.9 Å². The average Bonchev–Trinajstić information content (AvgIpc) is 3.47. The van der Waals surface area contributed by atoms with Crippen molar-refractivity contribution in [2.75, 3.05) is 19.9 Å². The number of likely N-dealkylation sites (tertiary alicyclic amines) is 1. The quantitative estimate of drug-likeness (QED) is 0.692. The lowest BCUT2D eigenvalue weighted by Gasteiger charge is -2.35. The van der Waals surface area contributed by atoms with E-state index in [2.05, 4.69) is 27.1 Å². The predicted octanol–water partition coefficient (Wildman–Crippen LogP) is 2.94. The Bertz CT molecular complexity index is 1070. The van der Waals surface area contributed by atoms with Crippen molar-refractivity contribution < 1.29 is 19.3 Å². The number of aliphatic hydroxyl groups excluding tert-OH is 1. The minimum absolute atomic E-state index is 0.189. The number of aromatic nitrogens is 2. The van der Waals surface area contributed by atoms with Crippen LogP contribution in [0.15, 0.2) is 42.9 Å². The van der Waals surface area contributed by atoms with Crippen molar-refractivity contribution in [1.29, 1.82) is 0 Å². The summed E-state index contributed by atoms with van der Waals surface area (Å²) in [5.74, 6) is 3.23. The molecule has 7 nitrogen and oxygen atoms in total. The SMILES string of the molecule is O[C@@H]1C[C@H]2CN(Cc3c[nH]c4cnccc34)C[C@H]2C[C@H]1Oc1ccc2c(c1)OCO2. The molecule has 3 aromatic rings. The van der Waals surface area contributed by atoms with Gasteiger partial charge in [-0.3, -0.25) is 9.88 Å². The van der Waals surface area contributed by atoms with Crippen LogP contribution in [0.25, 0.3) is 10.9 Å². The number of aliphatic hydroxyl groups is 1. The van der Waals surface area contributed by atoms with E-state index in [4.69, 9.17) is 14.2 Å². The fourth-order valence-corrected chi connectivity index (χ4v) is 5.27.